The second-order valence-electron chi connectivity index (χ2n) is 3.67. The second-order valence-corrected chi connectivity index (χ2v) is 3.67. The molecule has 3 N–H and O–H groups in total. The lowest BCUT2D eigenvalue weighted by Crippen LogP contribution is -2.13. The molecule has 0 fully saturated rings. The fourth-order valence-electron chi connectivity index (χ4n) is 1.44. The molecule has 0 spiro atoms. The zero-order valence-electron chi connectivity index (χ0n) is 9.42. The van der Waals surface area contributed by atoms with Crippen molar-refractivity contribution in [2.45, 2.75) is 6.54 Å². The Balaban J connectivity index is 2.04. The first-order chi connectivity index (χ1) is 8.15. The van der Waals surface area contributed by atoms with Gasteiger partial charge in [-0.15, -0.1) is 0 Å². The van der Waals surface area contributed by atoms with Gasteiger partial charge in [0, 0.05) is 37.2 Å². The molecule has 0 aliphatic heterocycles. The van der Waals surface area contributed by atoms with E-state index in [0.717, 1.165) is 11.3 Å². The minimum Gasteiger partial charge on any atom is -0.381 e. The molecule has 88 valence electrons. The highest BCUT2D eigenvalue weighted by molar-refractivity contribution is 5.91. The van der Waals surface area contributed by atoms with Crippen LogP contribution >= 0.6 is 0 Å². The molecule has 0 aliphatic carbocycles. The molecular weight excluding hydrogens is 218 g/mol. The molecule has 2 heterocycles. The number of amides is 1. The van der Waals surface area contributed by atoms with Crippen LogP contribution in [0.2, 0.25) is 0 Å². The largest absolute Gasteiger partial charge is 0.381 e. The van der Waals surface area contributed by atoms with Crippen LogP contribution in [0.3, 0.4) is 0 Å². The normalized spacial score (nSPS) is 10.2. The maximum Gasteiger partial charge on any atom is 0.267 e. The van der Waals surface area contributed by atoms with E-state index in [2.05, 4.69) is 15.4 Å². The molecule has 2 aromatic rings. The molecule has 0 atom stereocenters. The van der Waals surface area contributed by atoms with Crippen LogP contribution in [0.15, 0.2) is 30.7 Å². The molecule has 6 heteroatoms. The van der Waals surface area contributed by atoms with Crippen molar-refractivity contribution in [3.05, 3.63) is 42.0 Å². The summed E-state index contributed by atoms with van der Waals surface area (Å²) in [7, 11) is 1.86. The van der Waals surface area contributed by atoms with E-state index in [0.29, 0.717) is 6.54 Å². The fourth-order valence-corrected chi connectivity index (χ4v) is 1.44. The standard InChI is InChI=1S/C11H13N5O/c1-16-7-8(6-15-16)5-14-9-2-3-13-10(4-9)11(12)17/h2-4,6-7H,5H2,1H3,(H2,12,17)(H,13,14). The van der Waals surface area contributed by atoms with E-state index < -0.39 is 5.91 Å². The van der Waals surface area contributed by atoms with Crippen molar-refractivity contribution in [1.29, 1.82) is 0 Å². The number of nitrogens with two attached hydrogens (primary N) is 1. The minimum absolute atomic E-state index is 0.251. The number of carbonyl (C=O) groups is 1. The van der Waals surface area contributed by atoms with E-state index in [-0.39, 0.29) is 5.69 Å². The van der Waals surface area contributed by atoms with Gasteiger partial charge in [-0.05, 0) is 12.1 Å². The summed E-state index contributed by atoms with van der Waals surface area (Å²) in [6, 6.07) is 3.40. The zero-order valence-corrected chi connectivity index (χ0v) is 9.42. The summed E-state index contributed by atoms with van der Waals surface area (Å²) >= 11 is 0. The van der Waals surface area contributed by atoms with Crippen molar-refractivity contribution in [2.75, 3.05) is 5.32 Å². The van der Waals surface area contributed by atoms with Crippen molar-refractivity contribution in [3.8, 4) is 0 Å². The van der Waals surface area contributed by atoms with Crippen molar-refractivity contribution >= 4 is 11.6 Å². The molecule has 0 saturated heterocycles. The summed E-state index contributed by atoms with van der Waals surface area (Å²) in [5.41, 5.74) is 7.27. The molecule has 0 aliphatic rings. The monoisotopic (exact) mass is 231 g/mol. The van der Waals surface area contributed by atoms with Crippen LogP contribution in [0.5, 0.6) is 0 Å². The molecule has 2 rings (SSSR count). The fraction of sp³-hybridized carbons (Fsp3) is 0.182. The molecule has 6 nitrogen and oxygen atoms in total. The number of carbonyl (C=O) groups excluding carboxylic acids is 1. The first-order valence-corrected chi connectivity index (χ1v) is 5.12. The lowest BCUT2D eigenvalue weighted by Gasteiger charge is -2.05. The van der Waals surface area contributed by atoms with Gasteiger partial charge in [-0.2, -0.15) is 5.10 Å². The van der Waals surface area contributed by atoms with E-state index >= 15 is 0 Å². The number of primary amides is 1. The molecule has 0 saturated carbocycles. The first kappa shape index (κ1) is 11.1. The average Bonchev–Trinajstić information content (AvgIpc) is 2.73. The Hall–Kier alpha value is -2.37. The van der Waals surface area contributed by atoms with Crippen LogP contribution in [0.4, 0.5) is 5.69 Å². The van der Waals surface area contributed by atoms with Crippen LogP contribution in [0.25, 0.3) is 0 Å². The highest BCUT2D eigenvalue weighted by atomic mass is 16.1. The Labute approximate surface area is 98.5 Å². The van der Waals surface area contributed by atoms with Crippen LogP contribution in [0, 0.1) is 0 Å². The molecule has 2 aromatic heterocycles. The molecule has 0 radical (unpaired) electrons. The summed E-state index contributed by atoms with van der Waals surface area (Å²) in [6.07, 6.45) is 5.25. The van der Waals surface area contributed by atoms with Gasteiger partial charge >= 0.3 is 0 Å². The number of rotatable bonds is 4. The minimum atomic E-state index is -0.532. The van der Waals surface area contributed by atoms with E-state index in [1.54, 1.807) is 29.2 Å². The predicted molar refractivity (Wildman–Crippen MR) is 63.3 cm³/mol. The summed E-state index contributed by atoms with van der Waals surface area (Å²) in [6.45, 7) is 0.635. The zero-order chi connectivity index (χ0) is 12.3. The smallest absolute Gasteiger partial charge is 0.267 e. The summed E-state index contributed by atoms with van der Waals surface area (Å²) in [4.78, 5) is 14.8. The highest BCUT2D eigenvalue weighted by Crippen LogP contribution is 2.09. The SMILES string of the molecule is Cn1cc(CNc2ccnc(C(N)=O)c2)cn1. The maximum atomic E-state index is 10.9. The summed E-state index contributed by atoms with van der Waals surface area (Å²) in [5.74, 6) is -0.532. The van der Waals surface area contributed by atoms with Crippen LogP contribution < -0.4 is 11.1 Å². The number of nitrogens with one attached hydrogen (secondary N) is 1. The third-order valence-corrected chi connectivity index (χ3v) is 2.27. The van der Waals surface area contributed by atoms with E-state index in [1.807, 2.05) is 13.2 Å². The molecule has 1 amide bonds. The number of nitrogens with zero attached hydrogens (tertiary/aromatic N) is 3. The van der Waals surface area contributed by atoms with Gasteiger partial charge in [0.1, 0.15) is 5.69 Å². The van der Waals surface area contributed by atoms with Crippen molar-refractivity contribution in [2.24, 2.45) is 12.8 Å². The van der Waals surface area contributed by atoms with Crippen molar-refractivity contribution in [1.82, 2.24) is 14.8 Å². The van der Waals surface area contributed by atoms with Gasteiger partial charge in [-0.3, -0.25) is 14.5 Å². The Kier molecular flexibility index (Phi) is 3.04. The number of aromatic nitrogens is 3. The van der Waals surface area contributed by atoms with Gasteiger partial charge in [0.25, 0.3) is 5.91 Å². The average molecular weight is 231 g/mol. The number of anilines is 1. The van der Waals surface area contributed by atoms with Crippen molar-refractivity contribution < 1.29 is 4.79 Å². The Morgan fingerprint density at radius 2 is 2.41 bits per heavy atom. The van der Waals surface area contributed by atoms with Crippen molar-refractivity contribution in [3.63, 3.8) is 0 Å². The van der Waals surface area contributed by atoms with E-state index in [4.69, 9.17) is 5.73 Å². The van der Waals surface area contributed by atoms with Gasteiger partial charge in [0.2, 0.25) is 0 Å². The van der Waals surface area contributed by atoms with Crippen LogP contribution in [-0.4, -0.2) is 20.7 Å². The molecule has 0 unspecified atom stereocenters. The highest BCUT2D eigenvalue weighted by Gasteiger charge is 2.03. The second kappa shape index (κ2) is 4.65. The summed E-state index contributed by atoms with van der Waals surface area (Å²) < 4.78 is 1.73. The molecule has 0 aromatic carbocycles. The topological polar surface area (TPSA) is 85.8 Å². The first-order valence-electron chi connectivity index (χ1n) is 5.12. The van der Waals surface area contributed by atoms with Gasteiger partial charge in [-0.25, -0.2) is 0 Å². The van der Waals surface area contributed by atoms with Gasteiger partial charge in [0.15, 0.2) is 0 Å². The third kappa shape index (κ3) is 2.81. The molecule has 0 bridgehead atoms. The lowest BCUT2D eigenvalue weighted by atomic mass is 10.3. The molecule has 17 heavy (non-hydrogen) atoms. The lowest BCUT2D eigenvalue weighted by molar-refractivity contribution is 0.0995. The third-order valence-electron chi connectivity index (χ3n) is 2.27. The van der Waals surface area contributed by atoms with Crippen LogP contribution in [0.1, 0.15) is 16.1 Å². The van der Waals surface area contributed by atoms with E-state index in [1.165, 1.54) is 0 Å². The quantitative estimate of drug-likeness (QED) is 0.803. The van der Waals surface area contributed by atoms with Gasteiger partial charge < -0.3 is 11.1 Å². The number of pyridine rings is 1. The number of aryl methyl sites for hydroxylation is 1. The number of hydrogen-bond acceptors (Lipinski definition) is 4. The van der Waals surface area contributed by atoms with Gasteiger partial charge in [0.05, 0.1) is 6.20 Å². The Bertz CT molecular complexity index is 534. The number of hydrogen-bond donors (Lipinski definition) is 2. The Morgan fingerprint density at radius 3 is 3.06 bits per heavy atom. The predicted octanol–water partition coefficient (Wildman–Crippen LogP) is 0.526. The van der Waals surface area contributed by atoms with E-state index in [9.17, 15) is 4.79 Å². The summed E-state index contributed by atoms with van der Waals surface area (Å²) in [5, 5.41) is 7.23. The Morgan fingerprint density at radius 1 is 1.59 bits per heavy atom. The van der Waals surface area contributed by atoms with Crippen LogP contribution in [-0.2, 0) is 13.6 Å². The molecular formula is C11H13N5O. The maximum absolute atomic E-state index is 10.9. The van der Waals surface area contributed by atoms with Gasteiger partial charge in [-0.1, -0.05) is 0 Å².